The maximum atomic E-state index is 14.6. The van der Waals surface area contributed by atoms with Gasteiger partial charge in [-0.25, -0.2) is 22.0 Å². The van der Waals surface area contributed by atoms with Crippen molar-refractivity contribution in [3.63, 3.8) is 0 Å². The molecule has 0 N–H and O–H groups in total. The molecule has 1 aliphatic rings. The van der Waals surface area contributed by atoms with Crippen LogP contribution < -0.4 is 4.74 Å². The summed E-state index contributed by atoms with van der Waals surface area (Å²) in [6.07, 6.45) is 0.283. The molecule has 0 aromatic heterocycles. The van der Waals surface area contributed by atoms with Gasteiger partial charge in [0.25, 0.3) is 0 Å². The molecule has 33 heavy (non-hydrogen) atoms. The van der Waals surface area contributed by atoms with Crippen molar-refractivity contribution < 1.29 is 39.9 Å². The first-order valence-electron chi connectivity index (χ1n) is 10.6. The first kappa shape index (κ1) is 25.1. The lowest BCUT2D eigenvalue weighted by atomic mass is 9.77. The van der Waals surface area contributed by atoms with Gasteiger partial charge in [0.2, 0.25) is 0 Å². The molecule has 1 nitrogen and oxygen atoms in total. The molecule has 2 aromatic carbocycles. The standard InChI is InChI=1S/C24H22F8O/c1-2-3-13-4-6-14(7-5-13)16-11-18(26)21(19(27)12-16)23(29)22(28)15-8-9-20(17(25)10-15)33-24(30,31)32/h8-14H,2-7H2,1H3/b23-22+. The smallest absolute Gasteiger partial charge is 0.403 e. The molecule has 0 saturated heterocycles. The summed E-state index contributed by atoms with van der Waals surface area (Å²) in [6, 6.07) is 3.23. The second kappa shape index (κ2) is 10.1. The van der Waals surface area contributed by atoms with E-state index in [0.29, 0.717) is 23.6 Å². The fraction of sp³-hybridized carbons (Fsp3) is 0.417. The van der Waals surface area contributed by atoms with E-state index in [9.17, 15) is 35.1 Å². The van der Waals surface area contributed by atoms with E-state index in [1.54, 1.807) is 0 Å². The highest BCUT2D eigenvalue weighted by Gasteiger charge is 2.33. The Morgan fingerprint density at radius 1 is 0.879 bits per heavy atom. The van der Waals surface area contributed by atoms with Crippen LogP contribution in [0.4, 0.5) is 35.1 Å². The molecule has 1 saturated carbocycles. The van der Waals surface area contributed by atoms with Gasteiger partial charge in [-0.3, -0.25) is 0 Å². The van der Waals surface area contributed by atoms with E-state index in [0.717, 1.165) is 50.7 Å². The Morgan fingerprint density at radius 3 is 2.00 bits per heavy atom. The van der Waals surface area contributed by atoms with E-state index in [1.807, 2.05) is 0 Å². The van der Waals surface area contributed by atoms with Crippen LogP contribution in [0.25, 0.3) is 11.7 Å². The summed E-state index contributed by atoms with van der Waals surface area (Å²) in [5.41, 5.74) is -1.74. The van der Waals surface area contributed by atoms with Gasteiger partial charge in [-0.2, -0.15) is 0 Å². The van der Waals surface area contributed by atoms with Crippen molar-refractivity contribution in [3.8, 4) is 5.75 Å². The van der Waals surface area contributed by atoms with Crippen LogP contribution in [0.3, 0.4) is 0 Å². The van der Waals surface area contributed by atoms with Crippen molar-refractivity contribution in [1.82, 2.24) is 0 Å². The lowest BCUT2D eigenvalue weighted by Gasteiger charge is -2.28. The van der Waals surface area contributed by atoms with Gasteiger partial charge in [0.15, 0.2) is 23.2 Å². The van der Waals surface area contributed by atoms with E-state index in [4.69, 9.17) is 0 Å². The van der Waals surface area contributed by atoms with Crippen LogP contribution in [-0.4, -0.2) is 6.36 Å². The van der Waals surface area contributed by atoms with Crippen molar-refractivity contribution in [3.05, 3.63) is 64.5 Å². The minimum absolute atomic E-state index is 0.0942. The number of benzene rings is 2. The highest BCUT2D eigenvalue weighted by atomic mass is 19.4. The minimum atomic E-state index is -5.19. The average molecular weight is 478 g/mol. The zero-order valence-electron chi connectivity index (χ0n) is 17.7. The summed E-state index contributed by atoms with van der Waals surface area (Å²) in [6.45, 7) is 2.09. The van der Waals surface area contributed by atoms with Gasteiger partial charge in [-0.05, 0) is 73.4 Å². The van der Waals surface area contributed by atoms with Crippen LogP contribution in [0.5, 0.6) is 5.75 Å². The second-order valence-electron chi connectivity index (χ2n) is 8.19. The molecule has 0 spiro atoms. The zero-order valence-corrected chi connectivity index (χ0v) is 17.7. The monoisotopic (exact) mass is 478 g/mol. The molecule has 180 valence electrons. The maximum Gasteiger partial charge on any atom is 0.573 e. The molecule has 0 atom stereocenters. The molecule has 3 rings (SSSR count). The van der Waals surface area contributed by atoms with Crippen LogP contribution in [0, 0.1) is 23.4 Å². The Labute approximate surface area is 186 Å². The van der Waals surface area contributed by atoms with Crippen molar-refractivity contribution in [2.75, 3.05) is 0 Å². The predicted octanol–water partition coefficient (Wildman–Crippen LogP) is 8.84. The van der Waals surface area contributed by atoms with Crippen LogP contribution >= 0.6 is 0 Å². The van der Waals surface area contributed by atoms with Gasteiger partial charge in [-0.15, -0.1) is 13.2 Å². The number of hydrogen-bond donors (Lipinski definition) is 0. The van der Waals surface area contributed by atoms with Gasteiger partial charge < -0.3 is 4.74 Å². The van der Waals surface area contributed by atoms with E-state index < -0.39 is 52.3 Å². The summed E-state index contributed by atoms with van der Waals surface area (Å²) in [7, 11) is 0. The topological polar surface area (TPSA) is 9.23 Å². The first-order valence-corrected chi connectivity index (χ1v) is 10.6. The molecule has 2 aromatic rings. The van der Waals surface area contributed by atoms with E-state index >= 15 is 0 Å². The average Bonchev–Trinajstić information content (AvgIpc) is 2.74. The predicted molar refractivity (Wildman–Crippen MR) is 108 cm³/mol. The normalized spacial score (nSPS) is 19.9. The van der Waals surface area contributed by atoms with Crippen molar-refractivity contribution in [1.29, 1.82) is 0 Å². The fourth-order valence-electron chi connectivity index (χ4n) is 4.31. The largest absolute Gasteiger partial charge is 0.573 e. The molecule has 0 heterocycles. The van der Waals surface area contributed by atoms with Crippen molar-refractivity contribution in [2.45, 2.75) is 57.7 Å². The SMILES string of the molecule is CCCC1CCC(c2cc(F)c(/C(F)=C(\F)c3ccc(OC(F)(F)F)c(F)c3)c(F)c2)CC1. The summed E-state index contributed by atoms with van der Waals surface area (Å²) in [5, 5.41) is 0. The molecule has 9 heteroatoms. The number of hydrogen-bond acceptors (Lipinski definition) is 1. The van der Waals surface area contributed by atoms with Crippen LogP contribution in [0.1, 0.15) is 68.1 Å². The highest BCUT2D eigenvalue weighted by molar-refractivity contribution is 5.83. The first-order chi connectivity index (χ1) is 15.5. The Kier molecular flexibility index (Phi) is 7.69. The lowest BCUT2D eigenvalue weighted by Crippen LogP contribution is -2.17. The fourth-order valence-corrected chi connectivity index (χ4v) is 4.31. The number of rotatable bonds is 6. The van der Waals surface area contributed by atoms with Gasteiger partial charge in [0.1, 0.15) is 11.6 Å². The van der Waals surface area contributed by atoms with Crippen LogP contribution in [0.2, 0.25) is 0 Å². The zero-order chi connectivity index (χ0) is 24.3. The number of ether oxygens (including phenoxy) is 1. The third kappa shape index (κ3) is 6.06. The van der Waals surface area contributed by atoms with E-state index in [1.165, 1.54) is 0 Å². The highest BCUT2D eigenvalue weighted by Crippen LogP contribution is 2.40. The molecular weight excluding hydrogens is 456 g/mol. The number of alkyl halides is 3. The summed E-state index contributed by atoms with van der Waals surface area (Å²) < 4.78 is 112. The van der Waals surface area contributed by atoms with Crippen molar-refractivity contribution >= 4 is 11.7 Å². The summed E-state index contributed by atoms with van der Waals surface area (Å²) >= 11 is 0. The lowest BCUT2D eigenvalue weighted by molar-refractivity contribution is -0.275. The molecule has 0 amide bonds. The maximum absolute atomic E-state index is 14.6. The van der Waals surface area contributed by atoms with E-state index in [-0.39, 0.29) is 12.0 Å². The van der Waals surface area contributed by atoms with Gasteiger partial charge >= 0.3 is 6.36 Å². The van der Waals surface area contributed by atoms with Crippen LogP contribution in [0.15, 0.2) is 30.3 Å². The third-order valence-electron chi connectivity index (χ3n) is 5.90. The second-order valence-corrected chi connectivity index (χ2v) is 8.19. The Hall–Kier alpha value is -2.58. The summed E-state index contributed by atoms with van der Waals surface area (Å²) in [5.74, 6) is -8.77. The molecule has 0 aliphatic heterocycles. The molecule has 1 fully saturated rings. The molecule has 1 aliphatic carbocycles. The van der Waals surface area contributed by atoms with Gasteiger partial charge in [-0.1, -0.05) is 19.8 Å². The Bertz CT molecular complexity index is 997. The number of halogens is 8. The van der Waals surface area contributed by atoms with Gasteiger partial charge in [0.05, 0.1) is 5.56 Å². The van der Waals surface area contributed by atoms with Crippen molar-refractivity contribution in [2.24, 2.45) is 5.92 Å². The van der Waals surface area contributed by atoms with Gasteiger partial charge in [0, 0.05) is 5.56 Å². The Balaban J connectivity index is 1.86. The molecule has 0 unspecified atom stereocenters. The quantitative estimate of drug-likeness (QED) is 0.298. The summed E-state index contributed by atoms with van der Waals surface area (Å²) in [4.78, 5) is 0. The molecular formula is C24H22F8O. The Morgan fingerprint density at radius 2 is 1.48 bits per heavy atom. The third-order valence-corrected chi connectivity index (χ3v) is 5.90. The molecule has 0 radical (unpaired) electrons. The van der Waals surface area contributed by atoms with Crippen LogP contribution in [-0.2, 0) is 0 Å². The minimum Gasteiger partial charge on any atom is -0.403 e. The molecule has 0 bridgehead atoms. The van der Waals surface area contributed by atoms with E-state index in [2.05, 4.69) is 11.7 Å².